The Labute approximate surface area is 97.2 Å². The van der Waals surface area contributed by atoms with E-state index < -0.39 is 0 Å². The van der Waals surface area contributed by atoms with E-state index in [4.69, 9.17) is 0 Å². The predicted molar refractivity (Wildman–Crippen MR) is 64.0 cm³/mol. The Balaban J connectivity index is 2.29. The topological polar surface area (TPSA) is 12.0 Å². The molecule has 0 bridgehead atoms. The lowest BCUT2D eigenvalue weighted by Crippen LogP contribution is -2.27. The molecule has 1 heterocycles. The van der Waals surface area contributed by atoms with Crippen molar-refractivity contribution in [1.29, 1.82) is 0 Å². The highest BCUT2D eigenvalue weighted by molar-refractivity contribution is 14.1. The summed E-state index contributed by atoms with van der Waals surface area (Å²) < 4.78 is 14.7. The number of halogens is 2. The lowest BCUT2D eigenvalue weighted by atomic mass is 9.90. The molecule has 0 spiro atoms. The molecule has 1 aliphatic rings. The molecular formula is C11H13FIN. The second-order valence-electron chi connectivity index (χ2n) is 3.66. The van der Waals surface area contributed by atoms with Gasteiger partial charge in [-0.2, -0.15) is 0 Å². The van der Waals surface area contributed by atoms with Gasteiger partial charge in [0.25, 0.3) is 0 Å². The van der Waals surface area contributed by atoms with Crippen LogP contribution in [-0.4, -0.2) is 13.1 Å². The van der Waals surface area contributed by atoms with Gasteiger partial charge in [-0.1, -0.05) is 6.07 Å². The summed E-state index contributed by atoms with van der Waals surface area (Å²) in [5, 5.41) is 3.30. The molecule has 1 nitrogen and oxygen atoms in total. The van der Waals surface area contributed by atoms with Crippen molar-refractivity contribution in [2.75, 3.05) is 13.1 Å². The van der Waals surface area contributed by atoms with Gasteiger partial charge >= 0.3 is 0 Å². The van der Waals surface area contributed by atoms with Gasteiger partial charge in [0, 0.05) is 9.13 Å². The standard InChI is InChI=1S/C11H13FIN/c12-9-2-1-3-10(13)11(9)8-4-6-14-7-5-8/h1-3,8,14H,4-7H2. The maximum atomic E-state index is 13.6. The molecule has 1 aliphatic heterocycles. The SMILES string of the molecule is Fc1cccc(I)c1C1CCNCC1. The Morgan fingerprint density at radius 2 is 2.00 bits per heavy atom. The Morgan fingerprint density at radius 1 is 1.29 bits per heavy atom. The molecule has 3 heteroatoms. The summed E-state index contributed by atoms with van der Waals surface area (Å²) in [4.78, 5) is 0. The molecule has 0 atom stereocenters. The fraction of sp³-hybridized carbons (Fsp3) is 0.455. The van der Waals surface area contributed by atoms with Crippen molar-refractivity contribution in [2.24, 2.45) is 0 Å². The normalized spacial score (nSPS) is 18.4. The summed E-state index contributed by atoms with van der Waals surface area (Å²) in [6.07, 6.45) is 2.11. The number of hydrogen-bond donors (Lipinski definition) is 1. The highest BCUT2D eigenvalue weighted by atomic mass is 127. The molecule has 0 aliphatic carbocycles. The Kier molecular flexibility index (Phi) is 3.38. The number of nitrogens with one attached hydrogen (secondary N) is 1. The van der Waals surface area contributed by atoms with Gasteiger partial charge < -0.3 is 5.32 Å². The van der Waals surface area contributed by atoms with Crippen molar-refractivity contribution >= 4 is 22.6 Å². The molecule has 0 radical (unpaired) electrons. The van der Waals surface area contributed by atoms with Gasteiger partial charge in [-0.3, -0.25) is 0 Å². The molecular weight excluding hydrogens is 292 g/mol. The third kappa shape index (κ3) is 2.08. The highest BCUT2D eigenvalue weighted by Crippen LogP contribution is 2.30. The average Bonchev–Trinajstić information content (AvgIpc) is 2.19. The minimum atomic E-state index is -0.0381. The zero-order valence-corrected chi connectivity index (χ0v) is 10.1. The van der Waals surface area contributed by atoms with Gasteiger partial charge in [0.2, 0.25) is 0 Å². The maximum absolute atomic E-state index is 13.6. The highest BCUT2D eigenvalue weighted by Gasteiger charge is 2.20. The Bertz CT molecular complexity index is 301. The summed E-state index contributed by atoms with van der Waals surface area (Å²) in [6, 6.07) is 5.34. The van der Waals surface area contributed by atoms with Crippen LogP contribution >= 0.6 is 22.6 Å². The van der Waals surface area contributed by atoms with Crippen molar-refractivity contribution in [3.63, 3.8) is 0 Å². The molecule has 0 amide bonds. The van der Waals surface area contributed by atoms with E-state index in [1.54, 1.807) is 12.1 Å². The number of piperidine rings is 1. The summed E-state index contributed by atoms with van der Waals surface area (Å²) in [6.45, 7) is 2.02. The van der Waals surface area contributed by atoms with Crippen LogP contribution in [0.4, 0.5) is 4.39 Å². The molecule has 1 aromatic rings. The largest absolute Gasteiger partial charge is 0.317 e. The summed E-state index contributed by atoms with van der Waals surface area (Å²) in [5.74, 6) is 0.369. The van der Waals surface area contributed by atoms with Crippen molar-refractivity contribution in [2.45, 2.75) is 18.8 Å². The average molecular weight is 305 g/mol. The first-order valence-electron chi connectivity index (χ1n) is 4.93. The van der Waals surface area contributed by atoms with E-state index in [0.29, 0.717) is 5.92 Å². The van der Waals surface area contributed by atoms with Crippen LogP contribution in [0.2, 0.25) is 0 Å². The van der Waals surface area contributed by atoms with E-state index in [0.717, 1.165) is 35.1 Å². The maximum Gasteiger partial charge on any atom is 0.127 e. The first-order valence-corrected chi connectivity index (χ1v) is 6.01. The van der Waals surface area contributed by atoms with Gasteiger partial charge in [0.15, 0.2) is 0 Å². The van der Waals surface area contributed by atoms with Crippen LogP contribution in [0.5, 0.6) is 0 Å². The van der Waals surface area contributed by atoms with Crippen LogP contribution in [0, 0.1) is 9.39 Å². The molecule has 0 saturated carbocycles. The lowest BCUT2D eigenvalue weighted by Gasteiger charge is -2.24. The zero-order valence-electron chi connectivity index (χ0n) is 7.89. The first kappa shape index (κ1) is 10.4. The minimum absolute atomic E-state index is 0.0381. The smallest absolute Gasteiger partial charge is 0.127 e. The van der Waals surface area contributed by atoms with Gasteiger partial charge in [-0.05, 0) is 66.6 Å². The van der Waals surface area contributed by atoms with Crippen molar-refractivity contribution < 1.29 is 4.39 Å². The van der Waals surface area contributed by atoms with E-state index in [-0.39, 0.29) is 5.82 Å². The molecule has 1 saturated heterocycles. The van der Waals surface area contributed by atoms with Gasteiger partial charge in [0.1, 0.15) is 5.82 Å². The molecule has 2 rings (SSSR count). The van der Waals surface area contributed by atoms with Crippen LogP contribution < -0.4 is 5.32 Å². The van der Waals surface area contributed by atoms with E-state index in [1.807, 2.05) is 6.07 Å². The van der Waals surface area contributed by atoms with E-state index >= 15 is 0 Å². The third-order valence-corrected chi connectivity index (χ3v) is 3.69. The number of rotatable bonds is 1. The summed E-state index contributed by atoms with van der Waals surface area (Å²) in [7, 11) is 0. The summed E-state index contributed by atoms with van der Waals surface area (Å²) >= 11 is 2.23. The van der Waals surface area contributed by atoms with E-state index in [9.17, 15) is 4.39 Å². The molecule has 1 aromatic carbocycles. The third-order valence-electron chi connectivity index (χ3n) is 2.75. The lowest BCUT2D eigenvalue weighted by molar-refractivity contribution is 0.443. The zero-order chi connectivity index (χ0) is 9.97. The number of benzene rings is 1. The van der Waals surface area contributed by atoms with Crippen LogP contribution in [0.1, 0.15) is 24.3 Å². The minimum Gasteiger partial charge on any atom is -0.317 e. The first-order chi connectivity index (χ1) is 6.79. The fourth-order valence-corrected chi connectivity index (χ4v) is 2.92. The Hall–Kier alpha value is -0.160. The predicted octanol–water partition coefficient (Wildman–Crippen LogP) is 2.90. The van der Waals surface area contributed by atoms with Crippen LogP contribution in [0.15, 0.2) is 18.2 Å². The van der Waals surface area contributed by atoms with E-state index in [1.165, 1.54) is 0 Å². The van der Waals surface area contributed by atoms with Crippen LogP contribution in [0.3, 0.4) is 0 Å². The van der Waals surface area contributed by atoms with Gasteiger partial charge in [0.05, 0.1) is 0 Å². The molecule has 0 aromatic heterocycles. The van der Waals surface area contributed by atoms with Gasteiger partial charge in [-0.15, -0.1) is 0 Å². The van der Waals surface area contributed by atoms with Gasteiger partial charge in [-0.25, -0.2) is 4.39 Å². The quantitative estimate of drug-likeness (QED) is 0.787. The molecule has 76 valence electrons. The molecule has 1 N–H and O–H groups in total. The van der Waals surface area contributed by atoms with Crippen molar-refractivity contribution in [3.05, 3.63) is 33.1 Å². The number of hydrogen-bond acceptors (Lipinski definition) is 1. The van der Waals surface area contributed by atoms with Crippen molar-refractivity contribution in [3.8, 4) is 0 Å². The van der Waals surface area contributed by atoms with Crippen molar-refractivity contribution in [1.82, 2.24) is 5.32 Å². The summed E-state index contributed by atoms with van der Waals surface area (Å²) in [5.41, 5.74) is 0.926. The van der Waals surface area contributed by atoms with Crippen LogP contribution in [-0.2, 0) is 0 Å². The van der Waals surface area contributed by atoms with E-state index in [2.05, 4.69) is 27.9 Å². The molecule has 1 fully saturated rings. The second-order valence-corrected chi connectivity index (χ2v) is 4.82. The fourth-order valence-electron chi connectivity index (χ4n) is 2.01. The monoisotopic (exact) mass is 305 g/mol. The molecule has 14 heavy (non-hydrogen) atoms. The second kappa shape index (κ2) is 4.57. The van der Waals surface area contributed by atoms with Crippen LogP contribution in [0.25, 0.3) is 0 Å². The Morgan fingerprint density at radius 3 is 2.64 bits per heavy atom. The molecule has 0 unspecified atom stereocenters.